The summed E-state index contributed by atoms with van der Waals surface area (Å²) in [5.74, 6) is 0. The Morgan fingerprint density at radius 2 is 1.58 bits per heavy atom. The second-order valence-corrected chi connectivity index (χ2v) is 2.89. The van der Waals surface area contributed by atoms with Crippen molar-refractivity contribution in [3.05, 3.63) is 0 Å². The van der Waals surface area contributed by atoms with Crippen LogP contribution in [0, 0.1) is 0 Å². The zero-order valence-electron chi connectivity index (χ0n) is 8.38. The molecule has 0 radical (unpaired) electrons. The summed E-state index contributed by atoms with van der Waals surface area (Å²) in [6, 6.07) is 0.230. The van der Waals surface area contributed by atoms with Crippen molar-refractivity contribution < 1.29 is 9.47 Å². The Balaban J connectivity index is 3.48. The highest BCUT2D eigenvalue weighted by Crippen LogP contribution is 2.05. The molecule has 0 amide bonds. The maximum atomic E-state index is 5.62. The van der Waals surface area contributed by atoms with Gasteiger partial charge in [0.1, 0.15) is 0 Å². The first kappa shape index (κ1) is 11.9. The largest absolute Gasteiger partial charge is 0.353 e. The summed E-state index contributed by atoms with van der Waals surface area (Å²) in [4.78, 5) is 0. The van der Waals surface area contributed by atoms with Crippen LogP contribution in [0.15, 0.2) is 0 Å². The van der Waals surface area contributed by atoms with Crippen molar-refractivity contribution in [2.45, 2.75) is 45.9 Å². The maximum absolute atomic E-state index is 5.62. The predicted octanol–water partition coefficient (Wildman–Crippen LogP) is 1.51. The highest BCUT2D eigenvalue weighted by molar-refractivity contribution is 4.55. The average Bonchev–Trinajstić information content (AvgIpc) is 2.01. The van der Waals surface area contributed by atoms with Gasteiger partial charge in [0.15, 0.2) is 6.29 Å². The van der Waals surface area contributed by atoms with E-state index in [1.54, 1.807) is 0 Å². The molecule has 0 spiro atoms. The van der Waals surface area contributed by atoms with Crippen molar-refractivity contribution in [2.24, 2.45) is 5.73 Å². The van der Waals surface area contributed by atoms with Gasteiger partial charge in [-0.1, -0.05) is 0 Å². The van der Waals surface area contributed by atoms with Crippen LogP contribution >= 0.6 is 0 Å². The van der Waals surface area contributed by atoms with Gasteiger partial charge >= 0.3 is 0 Å². The Kier molecular flexibility index (Phi) is 7.45. The van der Waals surface area contributed by atoms with Crippen LogP contribution in [0.1, 0.15) is 33.6 Å². The van der Waals surface area contributed by atoms with Crippen LogP contribution in [-0.4, -0.2) is 25.5 Å². The Morgan fingerprint density at radius 3 is 1.92 bits per heavy atom. The molecule has 1 atom stereocenters. The summed E-state index contributed by atoms with van der Waals surface area (Å²) in [5, 5.41) is 0. The molecule has 0 saturated carbocycles. The van der Waals surface area contributed by atoms with Crippen molar-refractivity contribution in [1.29, 1.82) is 0 Å². The third-order valence-electron chi connectivity index (χ3n) is 1.56. The van der Waals surface area contributed by atoms with Crippen LogP contribution in [-0.2, 0) is 9.47 Å². The van der Waals surface area contributed by atoms with E-state index in [0.29, 0.717) is 13.2 Å². The molecule has 0 unspecified atom stereocenters. The van der Waals surface area contributed by atoms with Crippen molar-refractivity contribution in [3.63, 3.8) is 0 Å². The van der Waals surface area contributed by atoms with Gasteiger partial charge in [-0.15, -0.1) is 0 Å². The molecular formula is C9H21NO2. The van der Waals surface area contributed by atoms with Crippen molar-refractivity contribution in [3.8, 4) is 0 Å². The summed E-state index contributed by atoms with van der Waals surface area (Å²) in [6.45, 7) is 7.33. The second-order valence-electron chi connectivity index (χ2n) is 2.89. The fourth-order valence-corrected chi connectivity index (χ4v) is 0.986. The van der Waals surface area contributed by atoms with Crippen molar-refractivity contribution in [2.75, 3.05) is 13.2 Å². The van der Waals surface area contributed by atoms with E-state index in [2.05, 4.69) is 0 Å². The summed E-state index contributed by atoms with van der Waals surface area (Å²) in [5.41, 5.74) is 5.62. The molecule has 0 aliphatic carbocycles. The second kappa shape index (κ2) is 7.53. The highest BCUT2D eigenvalue weighted by Gasteiger charge is 2.08. The van der Waals surface area contributed by atoms with E-state index in [-0.39, 0.29) is 12.3 Å². The lowest BCUT2D eigenvalue weighted by Crippen LogP contribution is -2.22. The van der Waals surface area contributed by atoms with Crippen molar-refractivity contribution >= 4 is 0 Å². The van der Waals surface area contributed by atoms with E-state index >= 15 is 0 Å². The molecule has 0 aromatic carbocycles. The van der Waals surface area contributed by atoms with Gasteiger partial charge in [-0.2, -0.15) is 0 Å². The summed E-state index contributed by atoms with van der Waals surface area (Å²) in [6.07, 6.45) is 1.77. The number of nitrogens with two attached hydrogens (primary N) is 1. The molecule has 74 valence electrons. The summed E-state index contributed by atoms with van der Waals surface area (Å²) < 4.78 is 10.7. The molecule has 0 aromatic heterocycles. The van der Waals surface area contributed by atoms with Crippen LogP contribution in [0.3, 0.4) is 0 Å². The molecule has 3 heteroatoms. The smallest absolute Gasteiger partial charge is 0.157 e. The van der Waals surface area contributed by atoms with Gasteiger partial charge < -0.3 is 15.2 Å². The Morgan fingerprint density at radius 1 is 1.08 bits per heavy atom. The van der Waals surface area contributed by atoms with Crippen LogP contribution in [0.5, 0.6) is 0 Å². The molecular weight excluding hydrogens is 154 g/mol. The highest BCUT2D eigenvalue weighted by atomic mass is 16.7. The number of ether oxygens (including phenoxy) is 2. The van der Waals surface area contributed by atoms with Gasteiger partial charge in [-0.05, 0) is 33.6 Å². The first-order valence-electron chi connectivity index (χ1n) is 4.69. The molecule has 3 nitrogen and oxygen atoms in total. The quantitative estimate of drug-likeness (QED) is 0.596. The number of hydrogen-bond donors (Lipinski definition) is 1. The minimum atomic E-state index is -0.0639. The first-order chi connectivity index (χ1) is 5.70. The normalized spacial score (nSPS) is 13.8. The molecule has 0 aliphatic rings. The van der Waals surface area contributed by atoms with Crippen LogP contribution in [0.2, 0.25) is 0 Å². The Labute approximate surface area is 75.2 Å². The lowest BCUT2D eigenvalue weighted by atomic mass is 10.2. The fourth-order valence-electron chi connectivity index (χ4n) is 0.986. The van der Waals surface area contributed by atoms with Gasteiger partial charge in [0.25, 0.3) is 0 Å². The molecule has 0 aliphatic heterocycles. The van der Waals surface area contributed by atoms with Gasteiger partial charge in [0.05, 0.1) is 0 Å². The molecule has 12 heavy (non-hydrogen) atoms. The van der Waals surface area contributed by atoms with Crippen LogP contribution in [0.25, 0.3) is 0 Å². The molecule has 0 aromatic rings. The summed E-state index contributed by atoms with van der Waals surface area (Å²) in [7, 11) is 0. The molecule has 0 fully saturated rings. The zero-order valence-corrected chi connectivity index (χ0v) is 8.38. The predicted molar refractivity (Wildman–Crippen MR) is 49.9 cm³/mol. The van der Waals surface area contributed by atoms with E-state index < -0.39 is 0 Å². The maximum Gasteiger partial charge on any atom is 0.157 e. The molecule has 0 heterocycles. The topological polar surface area (TPSA) is 44.5 Å². The molecule has 0 rings (SSSR count). The number of rotatable bonds is 7. The van der Waals surface area contributed by atoms with Gasteiger partial charge in [-0.25, -0.2) is 0 Å². The molecule has 0 saturated heterocycles. The monoisotopic (exact) mass is 175 g/mol. The first-order valence-corrected chi connectivity index (χ1v) is 4.69. The fraction of sp³-hybridized carbons (Fsp3) is 1.00. The van der Waals surface area contributed by atoms with E-state index in [1.165, 1.54) is 0 Å². The third-order valence-corrected chi connectivity index (χ3v) is 1.56. The van der Waals surface area contributed by atoms with Gasteiger partial charge in [-0.3, -0.25) is 0 Å². The lowest BCUT2D eigenvalue weighted by molar-refractivity contribution is -0.140. The zero-order chi connectivity index (χ0) is 9.40. The lowest BCUT2D eigenvalue weighted by Gasteiger charge is -2.17. The SMILES string of the molecule is CCOC(CC[C@@H](C)N)OCC. The average molecular weight is 175 g/mol. The van der Waals surface area contributed by atoms with E-state index in [0.717, 1.165) is 12.8 Å². The van der Waals surface area contributed by atoms with E-state index in [1.807, 2.05) is 20.8 Å². The standard InChI is InChI=1S/C9H21NO2/c1-4-11-9(12-5-2)7-6-8(3)10/h8-9H,4-7,10H2,1-3H3/t8-/m1/s1. The van der Waals surface area contributed by atoms with E-state index in [9.17, 15) is 0 Å². The van der Waals surface area contributed by atoms with Gasteiger partial charge in [0.2, 0.25) is 0 Å². The van der Waals surface area contributed by atoms with E-state index in [4.69, 9.17) is 15.2 Å². The van der Waals surface area contributed by atoms with Gasteiger partial charge in [0, 0.05) is 19.3 Å². The molecule has 0 bridgehead atoms. The van der Waals surface area contributed by atoms with Crippen molar-refractivity contribution in [1.82, 2.24) is 0 Å². The van der Waals surface area contributed by atoms with Crippen LogP contribution in [0.4, 0.5) is 0 Å². The minimum absolute atomic E-state index is 0.0639. The Bertz CT molecular complexity index is 90.5. The van der Waals surface area contributed by atoms with Crippen LogP contribution < -0.4 is 5.73 Å². The Hall–Kier alpha value is -0.120. The number of hydrogen-bond acceptors (Lipinski definition) is 3. The third kappa shape index (κ3) is 6.58. The molecule has 2 N–H and O–H groups in total. The summed E-state index contributed by atoms with van der Waals surface area (Å²) >= 11 is 0. The minimum Gasteiger partial charge on any atom is -0.353 e.